The number of piperidine rings is 1. The number of rotatable bonds is 3. The van der Waals surface area contributed by atoms with Crippen molar-refractivity contribution in [1.29, 1.82) is 0 Å². The lowest BCUT2D eigenvalue weighted by Crippen LogP contribution is -2.52. The number of methoxy groups -OCH3 is 1. The maximum absolute atomic E-state index is 5.88. The zero-order valence-corrected chi connectivity index (χ0v) is 9.92. The fraction of sp³-hybridized carbons (Fsp3) is 1.00. The summed E-state index contributed by atoms with van der Waals surface area (Å²) in [6.07, 6.45) is 2.23. The average molecular weight is 200 g/mol. The summed E-state index contributed by atoms with van der Waals surface area (Å²) >= 11 is 0. The Kier molecular flexibility index (Phi) is 3.93. The van der Waals surface area contributed by atoms with E-state index in [4.69, 9.17) is 10.5 Å². The maximum Gasteiger partial charge on any atom is 0.0774 e. The highest BCUT2D eigenvalue weighted by Crippen LogP contribution is 2.22. The molecule has 1 atom stereocenters. The number of hydrogen-bond donors (Lipinski definition) is 1. The van der Waals surface area contributed by atoms with E-state index < -0.39 is 0 Å². The van der Waals surface area contributed by atoms with Crippen LogP contribution in [-0.4, -0.2) is 42.8 Å². The lowest BCUT2D eigenvalue weighted by molar-refractivity contribution is -0.0520. The molecule has 1 rings (SSSR count). The first-order chi connectivity index (χ1) is 6.47. The number of likely N-dealkylation sites (tertiary alicyclic amines) is 1. The van der Waals surface area contributed by atoms with E-state index in [1.807, 2.05) is 0 Å². The quantitative estimate of drug-likeness (QED) is 0.744. The zero-order valence-electron chi connectivity index (χ0n) is 9.92. The number of ether oxygens (including phenoxy) is 1. The monoisotopic (exact) mass is 200 g/mol. The molecular formula is C11H24N2O. The molecule has 0 bridgehead atoms. The lowest BCUT2D eigenvalue weighted by Gasteiger charge is -2.42. The molecule has 0 aromatic rings. The first-order valence-electron chi connectivity index (χ1n) is 5.52. The SMILES string of the molecule is COC(C)(C)C(C)N1CCC(N)CC1. The van der Waals surface area contributed by atoms with E-state index in [2.05, 4.69) is 25.7 Å². The molecule has 14 heavy (non-hydrogen) atoms. The predicted octanol–water partition coefficient (Wildman–Crippen LogP) is 1.22. The summed E-state index contributed by atoms with van der Waals surface area (Å²) < 4.78 is 5.51. The Morgan fingerprint density at radius 3 is 2.29 bits per heavy atom. The van der Waals surface area contributed by atoms with Gasteiger partial charge in [0.25, 0.3) is 0 Å². The maximum atomic E-state index is 5.88. The molecular weight excluding hydrogens is 176 g/mol. The van der Waals surface area contributed by atoms with Crippen molar-refractivity contribution in [2.24, 2.45) is 5.73 Å². The summed E-state index contributed by atoms with van der Waals surface area (Å²) in [5.41, 5.74) is 5.81. The molecule has 1 aliphatic rings. The Morgan fingerprint density at radius 2 is 1.86 bits per heavy atom. The molecule has 3 nitrogen and oxygen atoms in total. The molecule has 1 saturated heterocycles. The third-order valence-corrected chi connectivity index (χ3v) is 3.65. The van der Waals surface area contributed by atoms with Crippen molar-refractivity contribution in [2.45, 2.75) is 51.3 Å². The van der Waals surface area contributed by atoms with Gasteiger partial charge in [0.05, 0.1) is 5.60 Å². The summed E-state index contributed by atoms with van der Waals surface area (Å²) in [5.74, 6) is 0. The Balaban J connectivity index is 2.49. The summed E-state index contributed by atoms with van der Waals surface area (Å²) in [5, 5.41) is 0. The second kappa shape index (κ2) is 4.60. The van der Waals surface area contributed by atoms with Gasteiger partial charge in [-0.25, -0.2) is 0 Å². The number of nitrogens with zero attached hydrogens (tertiary/aromatic N) is 1. The van der Waals surface area contributed by atoms with Crippen LogP contribution in [-0.2, 0) is 4.74 Å². The van der Waals surface area contributed by atoms with Gasteiger partial charge in [-0.3, -0.25) is 4.90 Å². The van der Waals surface area contributed by atoms with Crippen molar-refractivity contribution in [2.75, 3.05) is 20.2 Å². The number of nitrogens with two attached hydrogens (primary N) is 1. The molecule has 0 aromatic heterocycles. The van der Waals surface area contributed by atoms with Gasteiger partial charge in [0, 0.05) is 32.3 Å². The van der Waals surface area contributed by atoms with Crippen molar-refractivity contribution < 1.29 is 4.74 Å². The standard InChI is InChI=1S/C11H24N2O/c1-9(11(2,3)14-4)13-7-5-10(12)6-8-13/h9-10H,5-8,12H2,1-4H3. The molecule has 1 heterocycles. The predicted molar refractivity (Wildman–Crippen MR) is 59.3 cm³/mol. The molecule has 0 aliphatic carbocycles. The smallest absolute Gasteiger partial charge is 0.0774 e. The highest BCUT2D eigenvalue weighted by atomic mass is 16.5. The van der Waals surface area contributed by atoms with E-state index >= 15 is 0 Å². The number of hydrogen-bond acceptors (Lipinski definition) is 3. The van der Waals surface area contributed by atoms with Gasteiger partial charge in [0.15, 0.2) is 0 Å². The molecule has 84 valence electrons. The molecule has 0 radical (unpaired) electrons. The topological polar surface area (TPSA) is 38.5 Å². The van der Waals surface area contributed by atoms with Crippen LogP contribution in [0.2, 0.25) is 0 Å². The summed E-state index contributed by atoms with van der Waals surface area (Å²) in [6.45, 7) is 8.74. The fourth-order valence-electron chi connectivity index (χ4n) is 1.92. The van der Waals surface area contributed by atoms with Crippen molar-refractivity contribution in [3.63, 3.8) is 0 Å². The first kappa shape index (κ1) is 12.0. The van der Waals surface area contributed by atoms with Gasteiger partial charge in [-0.1, -0.05) is 0 Å². The summed E-state index contributed by atoms with van der Waals surface area (Å²) in [6, 6.07) is 0.865. The molecule has 2 N–H and O–H groups in total. The van der Waals surface area contributed by atoms with Crippen LogP contribution in [0, 0.1) is 0 Å². The Morgan fingerprint density at radius 1 is 1.36 bits per heavy atom. The van der Waals surface area contributed by atoms with Crippen LogP contribution in [0.5, 0.6) is 0 Å². The Bertz CT molecular complexity index is 174. The van der Waals surface area contributed by atoms with Crippen molar-refractivity contribution in [1.82, 2.24) is 4.90 Å². The first-order valence-corrected chi connectivity index (χ1v) is 5.52. The second-order valence-corrected chi connectivity index (χ2v) is 4.86. The third-order valence-electron chi connectivity index (χ3n) is 3.65. The van der Waals surface area contributed by atoms with Gasteiger partial charge >= 0.3 is 0 Å². The van der Waals surface area contributed by atoms with Crippen molar-refractivity contribution in [3.05, 3.63) is 0 Å². The van der Waals surface area contributed by atoms with Crippen molar-refractivity contribution in [3.8, 4) is 0 Å². The van der Waals surface area contributed by atoms with E-state index in [0.29, 0.717) is 12.1 Å². The fourth-order valence-corrected chi connectivity index (χ4v) is 1.92. The van der Waals surface area contributed by atoms with Crippen LogP contribution in [0.3, 0.4) is 0 Å². The van der Waals surface area contributed by atoms with Crippen LogP contribution in [0.4, 0.5) is 0 Å². The normalized spacial score (nSPS) is 23.8. The molecule has 1 fully saturated rings. The van der Waals surface area contributed by atoms with Gasteiger partial charge in [0.1, 0.15) is 0 Å². The highest BCUT2D eigenvalue weighted by molar-refractivity contribution is 4.87. The highest BCUT2D eigenvalue weighted by Gasteiger charge is 2.31. The molecule has 0 amide bonds. The molecule has 3 heteroatoms. The van der Waals surface area contributed by atoms with Crippen LogP contribution in [0.15, 0.2) is 0 Å². The van der Waals surface area contributed by atoms with Crippen LogP contribution >= 0.6 is 0 Å². The van der Waals surface area contributed by atoms with Gasteiger partial charge in [0.2, 0.25) is 0 Å². The zero-order chi connectivity index (χ0) is 10.8. The van der Waals surface area contributed by atoms with E-state index in [1.54, 1.807) is 7.11 Å². The average Bonchev–Trinajstić information content (AvgIpc) is 2.18. The lowest BCUT2D eigenvalue weighted by atomic mass is 9.95. The van der Waals surface area contributed by atoms with Crippen LogP contribution in [0.25, 0.3) is 0 Å². The molecule has 1 unspecified atom stereocenters. The van der Waals surface area contributed by atoms with E-state index in [-0.39, 0.29) is 5.60 Å². The van der Waals surface area contributed by atoms with E-state index in [1.165, 1.54) is 0 Å². The molecule has 0 aromatic carbocycles. The largest absolute Gasteiger partial charge is 0.377 e. The van der Waals surface area contributed by atoms with Gasteiger partial charge in [-0.2, -0.15) is 0 Å². The van der Waals surface area contributed by atoms with Gasteiger partial charge < -0.3 is 10.5 Å². The van der Waals surface area contributed by atoms with E-state index in [0.717, 1.165) is 25.9 Å². The van der Waals surface area contributed by atoms with Crippen molar-refractivity contribution >= 4 is 0 Å². The molecule has 0 spiro atoms. The molecule has 1 aliphatic heterocycles. The third kappa shape index (κ3) is 2.69. The van der Waals surface area contributed by atoms with Gasteiger partial charge in [-0.05, 0) is 33.6 Å². The minimum atomic E-state index is -0.0680. The minimum absolute atomic E-state index is 0.0680. The summed E-state index contributed by atoms with van der Waals surface area (Å²) in [4.78, 5) is 2.48. The van der Waals surface area contributed by atoms with E-state index in [9.17, 15) is 0 Å². The van der Waals surface area contributed by atoms with Crippen LogP contribution < -0.4 is 5.73 Å². The minimum Gasteiger partial charge on any atom is -0.377 e. The molecule has 0 saturated carbocycles. The second-order valence-electron chi connectivity index (χ2n) is 4.86. The van der Waals surface area contributed by atoms with Crippen LogP contribution in [0.1, 0.15) is 33.6 Å². The Hall–Kier alpha value is -0.120. The van der Waals surface area contributed by atoms with Gasteiger partial charge in [-0.15, -0.1) is 0 Å². The summed E-state index contributed by atoms with van der Waals surface area (Å²) in [7, 11) is 1.78. The Labute approximate surface area is 87.6 Å².